The third-order valence-corrected chi connectivity index (χ3v) is 4.16. The number of carbonyl (C=O) groups excluding carboxylic acids is 1. The zero-order valence-corrected chi connectivity index (χ0v) is 12.5. The third-order valence-electron chi connectivity index (χ3n) is 2.43. The molecule has 1 aromatic carbocycles. The minimum absolute atomic E-state index is 0.205. The highest BCUT2D eigenvalue weighted by Crippen LogP contribution is 2.21. The van der Waals surface area contributed by atoms with E-state index < -0.39 is 0 Å². The number of anilines is 1. The van der Waals surface area contributed by atoms with Crippen LogP contribution in [0, 0.1) is 10.5 Å². The lowest BCUT2D eigenvalue weighted by Crippen LogP contribution is -2.15. The second-order valence-corrected chi connectivity index (χ2v) is 5.21. The summed E-state index contributed by atoms with van der Waals surface area (Å²) in [5.41, 5.74) is 1.69. The molecule has 0 bridgehead atoms. The van der Waals surface area contributed by atoms with Gasteiger partial charge < -0.3 is 5.32 Å². The first-order chi connectivity index (χ1) is 8.59. The van der Waals surface area contributed by atoms with E-state index in [2.05, 4.69) is 32.9 Å². The van der Waals surface area contributed by atoms with Gasteiger partial charge in [0.05, 0.1) is 10.6 Å². The van der Waals surface area contributed by atoms with Gasteiger partial charge in [0.25, 0.3) is 5.91 Å². The number of carbonyl (C=O) groups is 1. The molecule has 0 radical (unpaired) electrons. The zero-order valence-electron chi connectivity index (χ0n) is 9.58. The molecule has 2 aromatic rings. The summed E-state index contributed by atoms with van der Waals surface area (Å²) in [7, 11) is 0. The van der Waals surface area contributed by atoms with Gasteiger partial charge in [-0.3, -0.25) is 4.79 Å². The largest absolute Gasteiger partial charge is 0.305 e. The summed E-state index contributed by atoms with van der Waals surface area (Å²) in [5, 5.41) is 3.13. The van der Waals surface area contributed by atoms with Gasteiger partial charge in [0.2, 0.25) is 0 Å². The van der Waals surface area contributed by atoms with Crippen LogP contribution in [0.5, 0.6) is 0 Å². The fraction of sp³-hybridized carbons (Fsp3) is 0.0769. The number of benzene rings is 1. The molecule has 0 aliphatic heterocycles. The lowest BCUT2D eigenvalue weighted by atomic mass is 10.1. The van der Waals surface area contributed by atoms with Crippen molar-refractivity contribution in [1.29, 1.82) is 0 Å². The van der Waals surface area contributed by atoms with Gasteiger partial charge in [0.1, 0.15) is 0 Å². The van der Waals surface area contributed by atoms with E-state index >= 15 is 0 Å². The van der Waals surface area contributed by atoms with Crippen molar-refractivity contribution in [3.63, 3.8) is 0 Å². The van der Waals surface area contributed by atoms with Crippen LogP contribution in [0.3, 0.4) is 0 Å². The van der Waals surface area contributed by atoms with E-state index in [4.69, 9.17) is 11.6 Å². The van der Waals surface area contributed by atoms with Crippen LogP contribution in [0.15, 0.2) is 36.5 Å². The van der Waals surface area contributed by atoms with Crippen LogP contribution in [0.2, 0.25) is 5.02 Å². The summed E-state index contributed by atoms with van der Waals surface area (Å²) in [4.78, 5) is 16.2. The van der Waals surface area contributed by atoms with E-state index in [0.29, 0.717) is 16.4 Å². The average Bonchev–Trinajstić information content (AvgIpc) is 2.35. The summed E-state index contributed by atoms with van der Waals surface area (Å²) in [6, 6.07) is 9.00. The van der Waals surface area contributed by atoms with Crippen molar-refractivity contribution in [1.82, 2.24) is 4.98 Å². The predicted octanol–water partition coefficient (Wildman–Crippen LogP) is 3.90. The Labute approximate surface area is 124 Å². The van der Waals surface area contributed by atoms with Crippen molar-refractivity contribution in [2.75, 3.05) is 5.32 Å². The molecular weight excluding hydrogens is 363 g/mol. The minimum Gasteiger partial charge on any atom is -0.305 e. The first-order valence-corrected chi connectivity index (χ1v) is 6.72. The van der Waals surface area contributed by atoms with E-state index in [1.807, 2.05) is 19.1 Å². The average molecular weight is 373 g/mol. The predicted molar refractivity (Wildman–Crippen MR) is 81.1 cm³/mol. The topological polar surface area (TPSA) is 42.0 Å². The normalized spacial score (nSPS) is 10.2. The van der Waals surface area contributed by atoms with Gasteiger partial charge in [0.15, 0.2) is 5.82 Å². The molecule has 1 heterocycles. The van der Waals surface area contributed by atoms with E-state index in [9.17, 15) is 4.79 Å². The maximum Gasteiger partial charge on any atom is 0.257 e. The number of hydrogen-bond donors (Lipinski definition) is 1. The molecule has 0 fully saturated rings. The molecule has 1 N–H and O–H groups in total. The Hall–Kier alpha value is -1.14. The molecule has 92 valence electrons. The van der Waals surface area contributed by atoms with Crippen LogP contribution in [0.25, 0.3) is 0 Å². The maximum absolute atomic E-state index is 12.1. The van der Waals surface area contributed by atoms with Crippen molar-refractivity contribution >= 4 is 45.9 Å². The number of hydrogen-bond acceptors (Lipinski definition) is 2. The highest BCUT2D eigenvalue weighted by molar-refractivity contribution is 14.1. The summed E-state index contributed by atoms with van der Waals surface area (Å²) >= 11 is 8.11. The first kappa shape index (κ1) is 13.3. The van der Waals surface area contributed by atoms with Crippen molar-refractivity contribution in [3.8, 4) is 0 Å². The molecule has 2 rings (SSSR count). The van der Waals surface area contributed by atoms with Crippen LogP contribution in [-0.4, -0.2) is 10.9 Å². The van der Waals surface area contributed by atoms with Crippen LogP contribution < -0.4 is 5.32 Å². The van der Waals surface area contributed by atoms with E-state index in [-0.39, 0.29) is 5.91 Å². The lowest BCUT2D eigenvalue weighted by Gasteiger charge is -2.08. The number of amides is 1. The first-order valence-electron chi connectivity index (χ1n) is 5.26. The summed E-state index contributed by atoms with van der Waals surface area (Å²) in [6.45, 7) is 1.96. The number of aryl methyl sites for hydroxylation is 1. The van der Waals surface area contributed by atoms with Crippen molar-refractivity contribution in [2.24, 2.45) is 0 Å². The number of nitrogens with one attached hydrogen (secondary N) is 1. The molecule has 1 aromatic heterocycles. The molecule has 0 unspecified atom stereocenters. The Balaban J connectivity index is 2.28. The van der Waals surface area contributed by atoms with Crippen LogP contribution >= 0.6 is 34.2 Å². The standard InChI is InChI=1S/C13H10ClIN2O/c1-8-4-2-5-9(11(8)15)13(18)17-12-10(14)6-3-7-16-12/h2-7H,1H3,(H,16,17,18). The van der Waals surface area contributed by atoms with Gasteiger partial charge in [-0.1, -0.05) is 23.7 Å². The quantitative estimate of drug-likeness (QED) is 0.813. The second-order valence-electron chi connectivity index (χ2n) is 3.72. The molecule has 18 heavy (non-hydrogen) atoms. The number of rotatable bonds is 2. The molecule has 0 aliphatic rings. The van der Waals surface area contributed by atoms with E-state index in [0.717, 1.165) is 9.13 Å². The second kappa shape index (κ2) is 5.67. The Kier molecular flexibility index (Phi) is 4.19. The van der Waals surface area contributed by atoms with Gasteiger partial charge in [0, 0.05) is 9.77 Å². The van der Waals surface area contributed by atoms with E-state index in [1.54, 1.807) is 24.4 Å². The van der Waals surface area contributed by atoms with Gasteiger partial charge in [-0.15, -0.1) is 0 Å². The summed E-state index contributed by atoms with van der Waals surface area (Å²) in [6.07, 6.45) is 1.59. The SMILES string of the molecule is Cc1cccc(C(=O)Nc2ncccc2Cl)c1I. The van der Waals surface area contributed by atoms with Gasteiger partial charge >= 0.3 is 0 Å². The number of halogens is 2. The molecule has 0 atom stereocenters. The Bertz CT molecular complexity index is 601. The minimum atomic E-state index is -0.205. The van der Waals surface area contributed by atoms with Gasteiger partial charge in [-0.05, 0) is 53.3 Å². The molecule has 1 amide bonds. The molecule has 0 spiro atoms. The molecule has 0 aliphatic carbocycles. The van der Waals surface area contributed by atoms with Crippen LogP contribution in [-0.2, 0) is 0 Å². The lowest BCUT2D eigenvalue weighted by molar-refractivity contribution is 0.102. The highest BCUT2D eigenvalue weighted by atomic mass is 127. The maximum atomic E-state index is 12.1. The van der Waals surface area contributed by atoms with Gasteiger partial charge in [-0.25, -0.2) is 4.98 Å². The fourth-order valence-corrected chi connectivity index (χ4v) is 2.25. The van der Waals surface area contributed by atoms with Crippen molar-refractivity contribution < 1.29 is 4.79 Å². The van der Waals surface area contributed by atoms with Crippen molar-refractivity contribution in [3.05, 3.63) is 56.2 Å². The smallest absolute Gasteiger partial charge is 0.257 e. The Morgan fingerprint density at radius 3 is 2.83 bits per heavy atom. The number of pyridine rings is 1. The highest BCUT2D eigenvalue weighted by Gasteiger charge is 2.13. The Morgan fingerprint density at radius 2 is 2.11 bits per heavy atom. The van der Waals surface area contributed by atoms with Crippen LogP contribution in [0.4, 0.5) is 5.82 Å². The summed E-state index contributed by atoms with van der Waals surface area (Å²) in [5.74, 6) is 0.171. The van der Waals surface area contributed by atoms with E-state index in [1.165, 1.54) is 0 Å². The third kappa shape index (κ3) is 2.81. The fourth-order valence-electron chi connectivity index (χ4n) is 1.48. The number of aromatic nitrogens is 1. The van der Waals surface area contributed by atoms with Crippen molar-refractivity contribution in [2.45, 2.75) is 6.92 Å². The van der Waals surface area contributed by atoms with Gasteiger partial charge in [-0.2, -0.15) is 0 Å². The number of nitrogens with zero attached hydrogens (tertiary/aromatic N) is 1. The molecular formula is C13H10ClIN2O. The zero-order chi connectivity index (χ0) is 13.1. The molecule has 5 heteroatoms. The molecule has 0 saturated carbocycles. The summed E-state index contributed by atoms with van der Waals surface area (Å²) < 4.78 is 0.930. The van der Waals surface area contributed by atoms with Crippen LogP contribution in [0.1, 0.15) is 15.9 Å². The molecule has 0 saturated heterocycles. The molecule has 3 nitrogen and oxygen atoms in total. The Morgan fingerprint density at radius 1 is 1.33 bits per heavy atom. The monoisotopic (exact) mass is 372 g/mol.